The maximum Gasteiger partial charge on any atom is 0.339 e. The van der Waals surface area contributed by atoms with Crippen molar-refractivity contribution in [3.8, 4) is 0 Å². The highest BCUT2D eigenvalue weighted by Gasteiger charge is 2.13. The van der Waals surface area contributed by atoms with Gasteiger partial charge in [-0.3, -0.25) is 9.36 Å². The quantitative estimate of drug-likeness (QED) is 0.889. The van der Waals surface area contributed by atoms with Crippen LogP contribution in [0.2, 0.25) is 0 Å². The van der Waals surface area contributed by atoms with Gasteiger partial charge in [0.1, 0.15) is 5.56 Å². The van der Waals surface area contributed by atoms with Crippen LogP contribution in [0.1, 0.15) is 34.4 Å². The Morgan fingerprint density at radius 2 is 2.11 bits per heavy atom. The van der Waals surface area contributed by atoms with E-state index in [1.165, 1.54) is 0 Å². The van der Waals surface area contributed by atoms with E-state index in [1.807, 2.05) is 24.6 Å². The Labute approximate surface area is 105 Å². The van der Waals surface area contributed by atoms with Gasteiger partial charge in [-0.25, -0.2) is 4.79 Å². The van der Waals surface area contributed by atoms with Crippen molar-refractivity contribution in [1.29, 1.82) is 0 Å². The van der Waals surface area contributed by atoms with E-state index >= 15 is 0 Å². The molecule has 0 aliphatic heterocycles. The predicted molar refractivity (Wildman–Crippen MR) is 65.7 cm³/mol. The molecule has 0 atom stereocenters. The van der Waals surface area contributed by atoms with Gasteiger partial charge in [0.2, 0.25) is 0 Å². The van der Waals surface area contributed by atoms with Crippen molar-refractivity contribution in [2.24, 2.45) is 0 Å². The minimum Gasteiger partial charge on any atom is -0.478 e. The van der Waals surface area contributed by atoms with Crippen molar-refractivity contribution < 1.29 is 9.90 Å². The first kappa shape index (κ1) is 12.3. The zero-order valence-corrected chi connectivity index (χ0v) is 10.7. The fourth-order valence-corrected chi connectivity index (χ4v) is 1.97. The van der Waals surface area contributed by atoms with Gasteiger partial charge in [0.25, 0.3) is 0 Å². The van der Waals surface area contributed by atoms with Crippen molar-refractivity contribution >= 4 is 5.97 Å². The fourth-order valence-electron chi connectivity index (χ4n) is 1.97. The summed E-state index contributed by atoms with van der Waals surface area (Å²) in [6, 6.07) is 1.99. The minimum atomic E-state index is -0.945. The lowest BCUT2D eigenvalue weighted by Gasteiger charge is -2.04. The van der Waals surface area contributed by atoms with Crippen molar-refractivity contribution in [3.63, 3.8) is 0 Å². The molecule has 6 nitrogen and oxygen atoms in total. The van der Waals surface area contributed by atoms with Gasteiger partial charge in [-0.15, -0.1) is 0 Å². The second kappa shape index (κ2) is 4.64. The summed E-state index contributed by atoms with van der Waals surface area (Å²) in [7, 11) is 0. The maximum absolute atomic E-state index is 10.9. The van der Waals surface area contributed by atoms with Gasteiger partial charge in [-0.05, 0) is 26.8 Å². The number of aryl methyl sites for hydroxylation is 3. The summed E-state index contributed by atoms with van der Waals surface area (Å²) in [6.07, 6.45) is 1.56. The number of carbonyl (C=O) groups is 1. The minimum absolute atomic E-state index is 0.245. The highest BCUT2D eigenvalue weighted by Crippen LogP contribution is 2.10. The van der Waals surface area contributed by atoms with Crippen LogP contribution in [0.5, 0.6) is 0 Å². The van der Waals surface area contributed by atoms with Gasteiger partial charge in [0, 0.05) is 12.7 Å². The van der Waals surface area contributed by atoms with Gasteiger partial charge in [-0.1, -0.05) is 0 Å². The summed E-state index contributed by atoms with van der Waals surface area (Å²) in [5, 5.41) is 17.5. The molecule has 0 radical (unpaired) electrons. The third kappa shape index (κ3) is 2.27. The van der Waals surface area contributed by atoms with Crippen LogP contribution in [0.4, 0.5) is 0 Å². The molecular formula is C12H16N4O2. The molecule has 0 aromatic carbocycles. The maximum atomic E-state index is 10.9. The molecule has 2 rings (SSSR count). The van der Waals surface area contributed by atoms with E-state index in [0.29, 0.717) is 12.2 Å². The van der Waals surface area contributed by atoms with Crippen LogP contribution in [0.25, 0.3) is 0 Å². The van der Waals surface area contributed by atoms with Crippen LogP contribution >= 0.6 is 0 Å². The summed E-state index contributed by atoms with van der Waals surface area (Å²) >= 11 is 0. The van der Waals surface area contributed by atoms with Crippen molar-refractivity contribution in [1.82, 2.24) is 19.6 Å². The summed E-state index contributed by atoms with van der Waals surface area (Å²) in [5.74, 6) is -0.945. The number of carboxylic acids is 1. The second-order valence-corrected chi connectivity index (χ2v) is 4.22. The third-order valence-electron chi connectivity index (χ3n) is 2.79. The van der Waals surface area contributed by atoms with Crippen LogP contribution in [0.3, 0.4) is 0 Å². The lowest BCUT2D eigenvalue weighted by atomic mass is 10.3. The molecule has 0 saturated heterocycles. The summed E-state index contributed by atoms with van der Waals surface area (Å²) < 4.78 is 3.54. The lowest BCUT2D eigenvalue weighted by Crippen LogP contribution is -2.08. The highest BCUT2D eigenvalue weighted by molar-refractivity contribution is 5.88. The van der Waals surface area contributed by atoms with Crippen LogP contribution < -0.4 is 0 Å². The molecule has 2 heterocycles. The standard InChI is InChI=1S/C12H16N4O2/c1-4-16-10(5-8(2)13-16)6-15-7-11(12(17)18)9(3)14-15/h5,7H,4,6H2,1-3H3,(H,17,18). The molecule has 1 N–H and O–H groups in total. The van der Waals surface area contributed by atoms with Gasteiger partial charge in [-0.2, -0.15) is 10.2 Å². The van der Waals surface area contributed by atoms with Crippen LogP contribution in [0, 0.1) is 13.8 Å². The highest BCUT2D eigenvalue weighted by atomic mass is 16.4. The number of hydrogen-bond donors (Lipinski definition) is 1. The van der Waals surface area contributed by atoms with Gasteiger partial charge in [0.15, 0.2) is 0 Å². The smallest absolute Gasteiger partial charge is 0.339 e. The molecule has 0 aliphatic carbocycles. The van der Waals surface area contributed by atoms with Gasteiger partial charge >= 0.3 is 5.97 Å². The Morgan fingerprint density at radius 1 is 1.39 bits per heavy atom. The number of rotatable bonds is 4. The molecule has 0 fully saturated rings. The first-order chi connectivity index (χ1) is 8.51. The predicted octanol–water partition coefficient (Wildman–Crippen LogP) is 1.46. The SMILES string of the molecule is CCn1nc(C)cc1Cn1cc(C(=O)O)c(C)n1. The largest absolute Gasteiger partial charge is 0.478 e. The third-order valence-corrected chi connectivity index (χ3v) is 2.79. The molecule has 0 saturated carbocycles. The summed E-state index contributed by atoms with van der Waals surface area (Å²) in [5.41, 5.74) is 2.75. The Hall–Kier alpha value is -2.11. The molecule has 18 heavy (non-hydrogen) atoms. The first-order valence-corrected chi connectivity index (χ1v) is 5.82. The number of aromatic carboxylic acids is 1. The Balaban J connectivity index is 2.28. The van der Waals surface area contributed by atoms with Crippen LogP contribution in [-0.2, 0) is 13.1 Å². The fraction of sp³-hybridized carbons (Fsp3) is 0.417. The average molecular weight is 248 g/mol. The second-order valence-electron chi connectivity index (χ2n) is 4.22. The number of aromatic nitrogens is 4. The van der Waals surface area contributed by atoms with Gasteiger partial charge in [0.05, 0.1) is 23.6 Å². The molecular weight excluding hydrogens is 232 g/mol. The van der Waals surface area contributed by atoms with Crippen LogP contribution in [0.15, 0.2) is 12.3 Å². The van der Waals surface area contributed by atoms with Crippen molar-refractivity contribution in [2.75, 3.05) is 0 Å². The average Bonchev–Trinajstić information content (AvgIpc) is 2.82. The van der Waals surface area contributed by atoms with E-state index in [-0.39, 0.29) is 5.56 Å². The molecule has 0 amide bonds. The van der Waals surface area contributed by atoms with E-state index < -0.39 is 5.97 Å². The molecule has 0 unspecified atom stereocenters. The van der Waals surface area contributed by atoms with E-state index in [4.69, 9.17) is 5.11 Å². The summed E-state index contributed by atoms with van der Waals surface area (Å²) in [4.78, 5) is 10.9. The number of nitrogens with zero attached hydrogens (tertiary/aromatic N) is 4. The van der Waals surface area contributed by atoms with Crippen LogP contribution in [-0.4, -0.2) is 30.6 Å². The van der Waals surface area contributed by atoms with E-state index in [9.17, 15) is 4.79 Å². The monoisotopic (exact) mass is 248 g/mol. The topological polar surface area (TPSA) is 72.9 Å². The summed E-state index contributed by atoms with van der Waals surface area (Å²) in [6.45, 7) is 6.97. The van der Waals surface area contributed by atoms with E-state index in [0.717, 1.165) is 17.9 Å². The Morgan fingerprint density at radius 3 is 2.67 bits per heavy atom. The van der Waals surface area contributed by atoms with E-state index in [2.05, 4.69) is 10.2 Å². The number of carboxylic acid groups (broad SMARTS) is 1. The molecule has 2 aromatic rings. The normalized spacial score (nSPS) is 10.8. The van der Waals surface area contributed by atoms with E-state index in [1.54, 1.807) is 17.8 Å². The lowest BCUT2D eigenvalue weighted by molar-refractivity contribution is 0.0696. The molecule has 6 heteroatoms. The van der Waals surface area contributed by atoms with Crippen molar-refractivity contribution in [3.05, 3.63) is 34.9 Å². The van der Waals surface area contributed by atoms with Crippen molar-refractivity contribution in [2.45, 2.75) is 33.9 Å². The zero-order chi connectivity index (χ0) is 13.3. The first-order valence-electron chi connectivity index (χ1n) is 5.82. The molecule has 0 spiro atoms. The Kier molecular flexibility index (Phi) is 3.18. The molecule has 2 aromatic heterocycles. The van der Waals surface area contributed by atoms with Gasteiger partial charge < -0.3 is 5.11 Å². The number of hydrogen-bond acceptors (Lipinski definition) is 3. The molecule has 96 valence electrons. The molecule has 0 aliphatic rings. The zero-order valence-electron chi connectivity index (χ0n) is 10.7. The molecule has 0 bridgehead atoms. The Bertz CT molecular complexity index is 583.